The van der Waals surface area contributed by atoms with Crippen LogP contribution in [-0.4, -0.2) is 14.7 Å². The summed E-state index contributed by atoms with van der Waals surface area (Å²) in [6, 6.07) is 68.1. The van der Waals surface area contributed by atoms with Gasteiger partial charge in [-0.05, 0) is 101 Å². The third kappa shape index (κ3) is 5.43. The summed E-state index contributed by atoms with van der Waals surface area (Å²) < 4.78 is 8.03. The van der Waals surface area contributed by atoms with Crippen molar-refractivity contribution in [3.05, 3.63) is 194 Å². The Kier molecular flexibility index (Phi) is 7.40. The van der Waals surface area contributed by atoms with E-state index in [1.54, 1.807) is 0 Å². The van der Waals surface area contributed by atoms with Crippen molar-refractivity contribution in [3.63, 3.8) is 0 Å². The number of hydrogen-bond donors (Lipinski definition) is 0. The van der Waals surface area contributed by atoms with Gasteiger partial charge in [0.1, 0.15) is 0 Å². The van der Waals surface area contributed by atoms with E-state index in [1.807, 2.05) is 48.5 Å². The molecule has 0 N–H and O–H groups in total. The molecule has 0 aliphatic carbocycles. The van der Waals surface area contributed by atoms with Crippen molar-refractivity contribution >= 4 is 49.6 Å². The van der Waals surface area contributed by atoms with Gasteiger partial charge in [-0.25, -0.2) is 0 Å². The highest BCUT2D eigenvalue weighted by Crippen LogP contribution is 2.39. The monoisotopic (exact) mass is 680 g/mol. The molecule has 2 aromatic heterocycles. The van der Waals surface area contributed by atoms with Gasteiger partial charge in [0.15, 0.2) is 0 Å². The van der Waals surface area contributed by atoms with Gasteiger partial charge in [-0.15, -0.1) is 0 Å². The van der Waals surface area contributed by atoms with Crippen molar-refractivity contribution in [2.24, 2.45) is 0 Å². The van der Waals surface area contributed by atoms with Crippen LogP contribution >= 0.6 is 0 Å². The molecular formula is C48H32N4O. The van der Waals surface area contributed by atoms with E-state index in [0.29, 0.717) is 11.7 Å². The topological polar surface area (TPSA) is 47.1 Å². The van der Waals surface area contributed by atoms with Gasteiger partial charge in [-0.1, -0.05) is 120 Å². The Morgan fingerprint density at radius 1 is 0.434 bits per heavy atom. The fourth-order valence-electron chi connectivity index (χ4n) is 7.47. The van der Waals surface area contributed by atoms with Gasteiger partial charge < -0.3 is 14.0 Å². The molecule has 0 bridgehead atoms. The van der Waals surface area contributed by atoms with Gasteiger partial charge in [0.2, 0.25) is 5.82 Å². The summed E-state index contributed by atoms with van der Waals surface area (Å²) in [5, 5.41) is 9.19. The molecule has 0 atom stereocenters. The van der Waals surface area contributed by atoms with Crippen molar-refractivity contribution in [1.29, 1.82) is 0 Å². The zero-order valence-corrected chi connectivity index (χ0v) is 28.7. The number of rotatable bonds is 7. The summed E-state index contributed by atoms with van der Waals surface area (Å²) in [4.78, 5) is 6.92. The van der Waals surface area contributed by atoms with Crippen molar-refractivity contribution in [1.82, 2.24) is 14.7 Å². The SMILES string of the molecule is c1ccc(-c2noc(-c3ccc(N(c4ccccc4)c4ccc(-n5c6ccccc6c6cc(-c7cccc8ccccc78)ccc65)cc4)cc3)n2)cc1. The maximum Gasteiger partial charge on any atom is 0.258 e. The van der Waals surface area contributed by atoms with E-state index in [9.17, 15) is 0 Å². The van der Waals surface area contributed by atoms with Crippen LogP contribution in [0, 0.1) is 0 Å². The molecule has 0 amide bonds. The molecule has 10 rings (SSSR count). The first-order valence-electron chi connectivity index (χ1n) is 17.8. The molecule has 2 heterocycles. The molecule has 10 aromatic rings. The Morgan fingerprint density at radius 2 is 1.04 bits per heavy atom. The number of benzene rings is 8. The van der Waals surface area contributed by atoms with E-state index in [-0.39, 0.29) is 0 Å². The number of fused-ring (bicyclic) bond motifs is 4. The molecule has 5 nitrogen and oxygen atoms in total. The zero-order valence-electron chi connectivity index (χ0n) is 28.7. The van der Waals surface area contributed by atoms with Crippen molar-refractivity contribution in [3.8, 4) is 39.7 Å². The van der Waals surface area contributed by atoms with Gasteiger partial charge in [0, 0.05) is 44.6 Å². The van der Waals surface area contributed by atoms with E-state index in [2.05, 4.69) is 165 Å². The molecule has 0 aliphatic rings. The van der Waals surface area contributed by atoms with Gasteiger partial charge in [-0.2, -0.15) is 4.98 Å². The Hall–Kier alpha value is -7.24. The molecule has 53 heavy (non-hydrogen) atoms. The van der Waals surface area contributed by atoms with Crippen LogP contribution in [0.15, 0.2) is 199 Å². The molecule has 0 radical (unpaired) electrons. The fraction of sp³-hybridized carbons (Fsp3) is 0. The smallest absolute Gasteiger partial charge is 0.258 e. The summed E-state index contributed by atoms with van der Waals surface area (Å²) in [6.07, 6.45) is 0. The van der Waals surface area contributed by atoms with Gasteiger partial charge in [0.05, 0.1) is 11.0 Å². The summed E-state index contributed by atoms with van der Waals surface area (Å²) in [5.74, 6) is 1.06. The first kappa shape index (κ1) is 30.6. The minimum Gasteiger partial charge on any atom is -0.334 e. The minimum absolute atomic E-state index is 0.487. The first-order valence-corrected chi connectivity index (χ1v) is 17.8. The number of nitrogens with zero attached hydrogens (tertiary/aromatic N) is 4. The lowest BCUT2D eigenvalue weighted by Crippen LogP contribution is -2.10. The standard InChI is InChI=1S/C48H32N4O/c1-3-13-34(14-4-1)47-49-48(53-50-47)35-22-25-38(26-23-35)51(37-16-5-2-6-17-37)39-27-29-40(30-28-39)52-45-21-10-9-19-43(45)44-32-36(24-31-46(44)52)42-20-11-15-33-12-7-8-18-41(33)42/h1-32H. The molecule has 5 heteroatoms. The molecule has 0 saturated heterocycles. The molecular weight excluding hydrogens is 649 g/mol. The summed E-state index contributed by atoms with van der Waals surface area (Å²) in [5.41, 5.74) is 10.8. The van der Waals surface area contributed by atoms with Crippen molar-refractivity contribution in [2.45, 2.75) is 0 Å². The normalized spacial score (nSPS) is 11.4. The van der Waals surface area contributed by atoms with E-state index in [0.717, 1.165) is 33.9 Å². The number of para-hydroxylation sites is 2. The fourth-order valence-corrected chi connectivity index (χ4v) is 7.47. The molecule has 0 saturated carbocycles. The molecule has 0 spiro atoms. The third-order valence-corrected chi connectivity index (χ3v) is 9.98. The van der Waals surface area contributed by atoms with Crippen LogP contribution in [0.4, 0.5) is 17.1 Å². The Morgan fingerprint density at radius 3 is 1.83 bits per heavy atom. The summed E-state index contributed by atoms with van der Waals surface area (Å²) in [7, 11) is 0. The lowest BCUT2D eigenvalue weighted by Gasteiger charge is -2.26. The third-order valence-electron chi connectivity index (χ3n) is 9.98. The highest BCUT2D eigenvalue weighted by molar-refractivity contribution is 6.11. The largest absolute Gasteiger partial charge is 0.334 e. The predicted octanol–water partition coefficient (Wildman–Crippen LogP) is 12.8. The second-order valence-corrected chi connectivity index (χ2v) is 13.1. The highest BCUT2D eigenvalue weighted by Gasteiger charge is 2.17. The molecule has 0 aliphatic heterocycles. The van der Waals surface area contributed by atoms with Gasteiger partial charge in [-0.3, -0.25) is 0 Å². The summed E-state index contributed by atoms with van der Waals surface area (Å²) >= 11 is 0. The maximum absolute atomic E-state index is 5.65. The van der Waals surface area contributed by atoms with Crippen LogP contribution in [0.1, 0.15) is 0 Å². The van der Waals surface area contributed by atoms with Crippen LogP contribution in [0.2, 0.25) is 0 Å². The second-order valence-electron chi connectivity index (χ2n) is 13.1. The molecule has 0 unspecified atom stereocenters. The second kappa shape index (κ2) is 12.8. The van der Waals surface area contributed by atoms with Crippen LogP contribution in [0.3, 0.4) is 0 Å². The molecule has 250 valence electrons. The van der Waals surface area contributed by atoms with Crippen LogP contribution in [-0.2, 0) is 0 Å². The van der Waals surface area contributed by atoms with E-state index in [4.69, 9.17) is 4.52 Å². The number of anilines is 3. The maximum atomic E-state index is 5.65. The lowest BCUT2D eigenvalue weighted by atomic mass is 9.97. The Bertz CT molecular complexity index is 2870. The van der Waals surface area contributed by atoms with Crippen molar-refractivity contribution in [2.75, 3.05) is 4.90 Å². The highest BCUT2D eigenvalue weighted by atomic mass is 16.5. The number of aromatic nitrogens is 3. The molecule has 0 fully saturated rings. The van der Waals surface area contributed by atoms with Crippen LogP contribution in [0.25, 0.3) is 72.2 Å². The van der Waals surface area contributed by atoms with Crippen molar-refractivity contribution < 1.29 is 4.52 Å². The van der Waals surface area contributed by atoms with E-state index < -0.39 is 0 Å². The summed E-state index contributed by atoms with van der Waals surface area (Å²) in [6.45, 7) is 0. The zero-order chi connectivity index (χ0) is 35.1. The van der Waals surface area contributed by atoms with Gasteiger partial charge >= 0.3 is 0 Å². The minimum atomic E-state index is 0.487. The van der Waals surface area contributed by atoms with E-state index >= 15 is 0 Å². The molecule has 8 aromatic carbocycles. The Balaban J connectivity index is 1.02. The predicted molar refractivity (Wildman–Crippen MR) is 217 cm³/mol. The van der Waals surface area contributed by atoms with Gasteiger partial charge in [0.25, 0.3) is 5.89 Å². The number of hydrogen-bond acceptors (Lipinski definition) is 4. The first-order chi connectivity index (χ1) is 26.3. The average molecular weight is 681 g/mol. The average Bonchev–Trinajstić information content (AvgIpc) is 3.86. The van der Waals surface area contributed by atoms with Crippen LogP contribution < -0.4 is 4.90 Å². The van der Waals surface area contributed by atoms with Crippen LogP contribution in [0.5, 0.6) is 0 Å². The Labute approximate surface area is 306 Å². The lowest BCUT2D eigenvalue weighted by molar-refractivity contribution is 0.432. The van der Waals surface area contributed by atoms with E-state index in [1.165, 1.54) is 43.7 Å². The quantitative estimate of drug-likeness (QED) is 0.168.